The van der Waals surface area contributed by atoms with Crippen LogP contribution >= 0.6 is 11.6 Å². The lowest BCUT2D eigenvalue weighted by atomic mass is 10.1. The lowest BCUT2D eigenvalue weighted by Crippen LogP contribution is -2.10. The van der Waals surface area contributed by atoms with Crippen LogP contribution in [0.25, 0.3) is 0 Å². The second kappa shape index (κ2) is 6.59. The molecule has 0 saturated carbocycles. The predicted octanol–water partition coefficient (Wildman–Crippen LogP) is 4.61. The third-order valence-electron chi connectivity index (χ3n) is 3.03. The van der Waals surface area contributed by atoms with E-state index in [1.54, 1.807) is 12.1 Å². The van der Waals surface area contributed by atoms with Gasteiger partial charge in [-0.1, -0.05) is 29.8 Å². The summed E-state index contributed by atoms with van der Waals surface area (Å²) < 4.78 is 13.9. The number of carbonyl (C=O) groups is 1. The Kier molecular flexibility index (Phi) is 4.81. The fourth-order valence-corrected chi connectivity index (χ4v) is 2.35. The van der Waals surface area contributed by atoms with Crippen LogP contribution in [0.15, 0.2) is 42.5 Å². The maximum Gasteiger partial charge on any atom is 0.221 e. The molecule has 0 heterocycles. The molecule has 110 valence electrons. The maximum absolute atomic E-state index is 13.9. The summed E-state index contributed by atoms with van der Waals surface area (Å²) in [6.07, 6.45) is 0. The number of rotatable bonds is 4. The smallest absolute Gasteiger partial charge is 0.221 e. The molecule has 0 fully saturated rings. The lowest BCUT2D eigenvalue weighted by molar-refractivity contribution is -0.114. The van der Waals surface area contributed by atoms with E-state index in [9.17, 15) is 9.18 Å². The lowest BCUT2D eigenvalue weighted by Gasteiger charge is -2.18. The molecule has 0 saturated heterocycles. The Labute approximate surface area is 128 Å². The molecular formula is C16H16ClFN2O. The maximum atomic E-state index is 13.9. The van der Waals surface area contributed by atoms with Gasteiger partial charge in [0, 0.05) is 17.6 Å². The summed E-state index contributed by atoms with van der Waals surface area (Å²) >= 11 is 6.13. The van der Waals surface area contributed by atoms with Crippen molar-refractivity contribution >= 4 is 28.9 Å². The van der Waals surface area contributed by atoms with E-state index in [1.807, 2.05) is 25.1 Å². The Morgan fingerprint density at radius 1 is 1.24 bits per heavy atom. The molecule has 1 unspecified atom stereocenters. The van der Waals surface area contributed by atoms with Gasteiger partial charge in [0.05, 0.1) is 11.7 Å². The quantitative estimate of drug-likeness (QED) is 0.866. The normalized spacial score (nSPS) is 11.8. The van der Waals surface area contributed by atoms with Gasteiger partial charge in [0.1, 0.15) is 5.82 Å². The van der Waals surface area contributed by atoms with Gasteiger partial charge >= 0.3 is 0 Å². The van der Waals surface area contributed by atoms with E-state index in [4.69, 9.17) is 11.6 Å². The van der Waals surface area contributed by atoms with Crippen LogP contribution in [-0.2, 0) is 4.79 Å². The summed E-state index contributed by atoms with van der Waals surface area (Å²) in [6, 6.07) is 11.6. The van der Waals surface area contributed by atoms with Crippen molar-refractivity contribution in [1.82, 2.24) is 0 Å². The third kappa shape index (κ3) is 3.95. The molecule has 0 aliphatic rings. The summed E-state index contributed by atoms with van der Waals surface area (Å²) in [5.74, 6) is -0.588. The third-order valence-corrected chi connectivity index (χ3v) is 3.37. The molecule has 0 bridgehead atoms. The van der Waals surface area contributed by atoms with E-state index in [2.05, 4.69) is 10.6 Å². The Balaban J connectivity index is 2.22. The molecule has 2 N–H and O–H groups in total. The van der Waals surface area contributed by atoms with Gasteiger partial charge in [-0.15, -0.1) is 0 Å². The van der Waals surface area contributed by atoms with Crippen LogP contribution in [0.1, 0.15) is 25.5 Å². The number of anilines is 2. The zero-order valence-electron chi connectivity index (χ0n) is 11.8. The highest BCUT2D eigenvalue weighted by Gasteiger charge is 2.12. The highest BCUT2D eigenvalue weighted by Crippen LogP contribution is 2.28. The zero-order valence-corrected chi connectivity index (χ0v) is 12.5. The summed E-state index contributed by atoms with van der Waals surface area (Å²) in [4.78, 5) is 11.1. The Hall–Kier alpha value is -2.07. The first-order valence-corrected chi connectivity index (χ1v) is 6.93. The monoisotopic (exact) mass is 306 g/mol. The topological polar surface area (TPSA) is 41.1 Å². The number of nitrogens with one attached hydrogen (secondary N) is 2. The summed E-state index contributed by atoms with van der Waals surface area (Å²) in [7, 11) is 0. The van der Waals surface area contributed by atoms with Crippen molar-refractivity contribution in [2.75, 3.05) is 10.6 Å². The minimum Gasteiger partial charge on any atom is -0.376 e. The summed E-state index contributed by atoms with van der Waals surface area (Å²) in [5, 5.41) is 6.32. The van der Waals surface area contributed by atoms with Gasteiger partial charge in [-0.05, 0) is 36.8 Å². The first-order valence-electron chi connectivity index (χ1n) is 6.55. The van der Waals surface area contributed by atoms with Crippen molar-refractivity contribution in [3.05, 3.63) is 58.9 Å². The number of carbonyl (C=O) groups excluding carboxylic acids is 1. The van der Waals surface area contributed by atoms with Crippen molar-refractivity contribution in [2.24, 2.45) is 0 Å². The van der Waals surface area contributed by atoms with Gasteiger partial charge in [-0.2, -0.15) is 0 Å². The Morgan fingerprint density at radius 2 is 1.95 bits per heavy atom. The van der Waals surface area contributed by atoms with Crippen LogP contribution in [0.2, 0.25) is 5.02 Å². The first-order chi connectivity index (χ1) is 9.97. The molecule has 2 rings (SSSR count). The van der Waals surface area contributed by atoms with E-state index < -0.39 is 0 Å². The molecule has 2 aromatic rings. The van der Waals surface area contributed by atoms with Crippen LogP contribution in [0, 0.1) is 5.82 Å². The SMILES string of the molecule is CC(=O)Nc1ccc(F)c(NC(C)c2ccccc2Cl)c1. The van der Waals surface area contributed by atoms with Crippen molar-refractivity contribution in [1.29, 1.82) is 0 Å². The second-order valence-corrected chi connectivity index (χ2v) is 5.17. The van der Waals surface area contributed by atoms with E-state index in [-0.39, 0.29) is 17.8 Å². The molecule has 0 aliphatic heterocycles. The average Bonchev–Trinajstić information content (AvgIpc) is 2.42. The van der Waals surface area contributed by atoms with Gasteiger partial charge in [-0.25, -0.2) is 4.39 Å². The number of amides is 1. The molecule has 21 heavy (non-hydrogen) atoms. The van der Waals surface area contributed by atoms with Crippen molar-refractivity contribution in [2.45, 2.75) is 19.9 Å². The summed E-state index contributed by atoms with van der Waals surface area (Å²) in [6.45, 7) is 3.30. The van der Waals surface area contributed by atoms with Crippen LogP contribution in [-0.4, -0.2) is 5.91 Å². The molecule has 0 spiro atoms. The fourth-order valence-electron chi connectivity index (χ4n) is 2.05. The highest BCUT2D eigenvalue weighted by molar-refractivity contribution is 6.31. The number of halogens is 2. The molecule has 1 atom stereocenters. The van der Waals surface area contributed by atoms with Crippen molar-refractivity contribution in [3.63, 3.8) is 0 Å². The predicted molar refractivity (Wildman–Crippen MR) is 84.2 cm³/mol. The van der Waals surface area contributed by atoms with Crippen LogP contribution in [0.4, 0.5) is 15.8 Å². The van der Waals surface area contributed by atoms with Crippen LogP contribution in [0.5, 0.6) is 0 Å². The highest BCUT2D eigenvalue weighted by atomic mass is 35.5. The van der Waals surface area contributed by atoms with Crippen LogP contribution in [0.3, 0.4) is 0 Å². The Bertz CT molecular complexity index is 660. The van der Waals surface area contributed by atoms with E-state index in [1.165, 1.54) is 19.1 Å². The number of benzene rings is 2. The minimum atomic E-state index is -0.386. The molecule has 0 aromatic heterocycles. The average molecular weight is 307 g/mol. The van der Waals surface area contributed by atoms with Gasteiger partial charge in [-0.3, -0.25) is 4.79 Å². The molecule has 0 aliphatic carbocycles. The Morgan fingerprint density at radius 3 is 2.62 bits per heavy atom. The van der Waals surface area contributed by atoms with Gasteiger partial charge < -0.3 is 10.6 Å². The van der Waals surface area contributed by atoms with Crippen LogP contribution < -0.4 is 10.6 Å². The minimum absolute atomic E-state index is 0.166. The molecule has 3 nitrogen and oxygen atoms in total. The van der Waals surface area contributed by atoms with E-state index in [0.717, 1.165) is 5.56 Å². The van der Waals surface area contributed by atoms with Crippen molar-refractivity contribution < 1.29 is 9.18 Å². The second-order valence-electron chi connectivity index (χ2n) is 4.76. The van der Waals surface area contributed by atoms with E-state index in [0.29, 0.717) is 16.4 Å². The molecule has 2 aromatic carbocycles. The van der Waals surface area contributed by atoms with E-state index >= 15 is 0 Å². The standard InChI is InChI=1S/C16H16ClFN2O/c1-10(13-5-3-4-6-14(13)17)19-16-9-12(20-11(2)21)7-8-15(16)18/h3-10,19H,1-2H3,(H,20,21). The molecule has 1 amide bonds. The largest absolute Gasteiger partial charge is 0.376 e. The van der Waals surface area contributed by atoms with Crippen molar-refractivity contribution in [3.8, 4) is 0 Å². The number of hydrogen-bond donors (Lipinski definition) is 2. The van der Waals surface area contributed by atoms with Gasteiger partial charge in [0.25, 0.3) is 0 Å². The molecular weight excluding hydrogens is 291 g/mol. The fraction of sp³-hybridized carbons (Fsp3) is 0.188. The first kappa shape index (κ1) is 15.3. The zero-order chi connectivity index (χ0) is 15.4. The van der Waals surface area contributed by atoms with Gasteiger partial charge in [0.2, 0.25) is 5.91 Å². The molecule has 0 radical (unpaired) electrons. The van der Waals surface area contributed by atoms with Gasteiger partial charge in [0.15, 0.2) is 0 Å². The number of hydrogen-bond acceptors (Lipinski definition) is 2. The summed E-state index contributed by atoms with van der Waals surface area (Å²) in [5.41, 5.74) is 1.73. The molecule has 5 heteroatoms.